The van der Waals surface area contributed by atoms with Crippen molar-refractivity contribution in [3.05, 3.63) is 54.0 Å². The number of benzene rings is 1. The zero-order valence-corrected chi connectivity index (χ0v) is 19.0. The highest BCUT2D eigenvalue weighted by Gasteiger charge is 2.27. The largest absolute Gasteiger partial charge is 0.466 e. The van der Waals surface area contributed by atoms with Gasteiger partial charge >= 0.3 is 0 Å². The molecule has 2 heterocycles. The van der Waals surface area contributed by atoms with Gasteiger partial charge in [0.25, 0.3) is 0 Å². The van der Waals surface area contributed by atoms with E-state index in [9.17, 15) is 13.5 Å². The Morgan fingerprint density at radius 2 is 1.97 bits per heavy atom. The first kappa shape index (κ1) is 23.3. The molecule has 1 aliphatic rings. The van der Waals surface area contributed by atoms with Crippen LogP contribution in [0.4, 0.5) is 0 Å². The summed E-state index contributed by atoms with van der Waals surface area (Å²) in [6.45, 7) is 5.93. The monoisotopic (exact) mass is 448 g/mol. The number of nitrogens with one attached hydrogen (secondary N) is 2. The molecule has 1 aromatic carbocycles. The molecule has 0 aliphatic carbocycles. The van der Waals surface area contributed by atoms with Gasteiger partial charge in [0.1, 0.15) is 11.4 Å². The standard InChI is InChI=1S/C22H32N4O4S/c1-3-23-21(25-17-22(2,27)20-11-8-14-30-20)24-16-18-9-7-10-19(15-18)31(28,29)26-12-5-4-6-13-26/h7-11,14-15,27H,3-6,12-13,16-17H2,1-2H3,(H2,23,24,25). The summed E-state index contributed by atoms with van der Waals surface area (Å²) in [6.07, 6.45) is 4.41. The summed E-state index contributed by atoms with van der Waals surface area (Å²) in [4.78, 5) is 4.85. The van der Waals surface area contributed by atoms with Crippen molar-refractivity contribution in [2.24, 2.45) is 4.99 Å². The van der Waals surface area contributed by atoms with E-state index in [4.69, 9.17) is 4.42 Å². The Hall–Kier alpha value is -2.36. The lowest BCUT2D eigenvalue weighted by Gasteiger charge is -2.26. The highest BCUT2D eigenvalue weighted by Crippen LogP contribution is 2.22. The molecule has 1 unspecified atom stereocenters. The maximum Gasteiger partial charge on any atom is 0.243 e. The lowest BCUT2D eigenvalue weighted by molar-refractivity contribution is 0.0386. The van der Waals surface area contributed by atoms with Crippen molar-refractivity contribution in [3.63, 3.8) is 0 Å². The van der Waals surface area contributed by atoms with Gasteiger partial charge < -0.3 is 20.2 Å². The Kier molecular flexibility index (Phi) is 7.74. The molecule has 0 amide bonds. The summed E-state index contributed by atoms with van der Waals surface area (Å²) >= 11 is 0. The van der Waals surface area contributed by atoms with E-state index in [1.54, 1.807) is 41.6 Å². The molecule has 1 atom stereocenters. The van der Waals surface area contributed by atoms with Gasteiger partial charge in [-0.1, -0.05) is 18.6 Å². The van der Waals surface area contributed by atoms with E-state index in [0.717, 1.165) is 24.8 Å². The predicted molar refractivity (Wildman–Crippen MR) is 120 cm³/mol. The number of guanidine groups is 1. The van der Waals surface area contributed by atoms with Crippen LogP contribution >= 0.6 is 0 Å². The average molecular weight is 449 g/mol. The number of sulfonamides is 1. The minimum atomic E-state index is -3.48. The number of piperidine rings is 1. The van der Waals surface area contributed by atoms with Crippen molar-refractivity contribution >= 4 is 16.0 Å². The Labute approximate surface area is 184 Å². The summed E-state index contributed by atoms with van der Waals surface area (Å²) in [5, 5.41) is 16.9. The van der Waals surface area contributed by atoms with Gasteiger partial charge in [0.05, 0.1) is 24.2 Å². The van der Waals surface area contributed by atoms with Crippen LogP contribution in [0.3, 0.4) is 0 Å². The summed E-state index contributed by atoms with van der Waals surface area (Å²) in [6, 6.07) is 10.4. The molecule has 9 heteroatoms. The van der Waals surface area contributed by atoms with E-state index in [1.807, 2.05) is 13.0 Å². The Bertz CT molecular complexity index is 965. The molecule has 1 fully saturated rings. The minimum absolute atomic E-state index is 0.204. The first-order valence-electron chi connectivity index (χ1n) is 10.7. The maximum atomic E-state index is 12.9. The lowest BCUT2D eigenvalue weighted by atomic mass is 10.0. The molecule has 3 rings (SSSR count). The quantitative estimate of drug-likeness (QED) is 0.423. The van der Waals surface area contributed by atoms with E-state index in [2.05, 4.69) is 15.6 Å². The predicted octanol–water partition coefficient (Wildman–Crippen LogP) is 2.42. The molecule has 2 aromatic rings. The fourth-order valence-electron chi connectivity index (χ4n) is 3.50. The fraction of sp³-hybridized carbons (Fsp3) is 0.500. The smallest absolute Gasteiger partial charge is 0.243 e. The number of hydrogen-bond acceptors (Lipinski definition) is 5. The highest BCUT2D eigenvalue weighted by molar-refractivity contribution is 7.89. The second-order valence-corrected chi connectivity index (χ2v) is 9.85. The first-order valence-corrected chi connectivity index (χ1v) is 12.1. The summed E-state index contributed by atoms with van der Waals surface area (Å²) in [5.74, 6) is 0.991. The Morgan fingerprint density at radius 3 is 2.65 bits per heavy atom. The van der Waals surface area contributed by atoms with Gasteiger partial charge in [-0.05, 0) is 56.5 Å². The van der Waals surface area contributed by atoms with Crippen LogP contribution in [0.2, 0.25) is 0 Å². The van der Waals surface area contributed by atoms with E-state index in [0.29, 0.717) is 42.8 Å². The fourth-order valence-corrected chi connectivity index (χ4v) is 5.09. The zero-order chi connectivity index (χ0) is 22.3. The van der Waals surface area contributed by atoms with Crippen molar-refractivity contribution in [2.75, 3.05) is 26.2 Å². The highest BCUT2D eigenvalue weighted by atomic mass is 32.2. The summed E-state index contributed by atoms with van der Waals surface area (Å²) in [5.41, 5.74) is -0.393. The summed E-state index contributed by atoms with van der Waals surface area (Å²) in [7, 11) is -3.48. The second kappa shape index (κ2) is 10.3. The van der Waals surface area contributed by atoms with Gasteiger partial charge in [-0.15, -0.1) is 0 Å². The third-order valence-electron chi connectivity index (χ3n) is 5.27. The van der Waals surface area contributed by atoms with Crippen LogP contribution in [0.5, 0.6) is 0 Å². The van der Waals surface area contributed by atoms with Crippen LogP contribution < -0.4 is 10.6 Å². The van der Waals surface area contributed by atoms with Crippen molar-refractivity contribution in [1.29, 1.82) is 0 Å². The van der Waals surface area contributed by atoms with E-state index < -0.39 is 15.6 Å². The van der Waals surface area contributed by atoms with Gasteiger partial charge in [0, 0.05) is 19.6 Å². The summed E-state index contributed by atoms with van der Waals surface area (Å²) < 4.78 is 32.7. The number of aliphatic imine (C=N–C) groups is 1. The molecular formula is C22H32N4O4S. The molecule has 0 bridgehead atoms. The molecule has 0 saturated carbocycles. The van der Waals surface area contributed by atoms with Gasteiger partial charge in [-0.2, -0.15) is 4.31 Å². The molecule has 1 aromatic heterocycles. The third-order valence-corrected chi connectivity index (χ3v) is 7.16. The van der Waals surface area contributed by atoms with E-state index in [-0.39, 0.29) is 6.54 Å². The molecule has 31 heavy (non-hydrogen) atoms. The molecule has 8 nitrogen and oxygen atoms in total. The van der Waals surface area contributed by atoms with Crippen LogP contribution in [-0.4, -0.2) is 50.0 Å². The maximum absolute atomic E-state index is 12.9. The third kappa shape index (κ3) is 6.09. The molecule has 1 saturated heterocycles. The molecular weight excluding hydrogens is 416 g/mol. The van der Waals surface area contributed by atoms with Crippen molar-refractivity contribution in [3.8, 4) is 0 Å². The van der Waals surface area contributed by atoms with Gasteiger partial charge in [0.2, 0.25) is 10.0 Å². The van der Waals surface area contributed by atoms with Gasteiger partial charge in [-0.25, -0.2) is 13.4 Å². The molecule has 3 N–H and O–H groups in total. The van der Waals surface area contributed by atoms with Gasteiger partial charge in [0.15, 0.2) is 5.96 Å². The first-order chi connectivity index (χ1) is 14.8. The van der Waals surface area contributed by atoms with Crippen LogP contribution in [0, 0.1) is 0 Å². The van der Waals surface area contributed by atoms with Crippen molar-refractivity contribution in [2.45, 2.75) is 50.2 Å². The number of nitrogens with zero attached hydrogens (tertiary/aromatic N) is 2. The lowest BCUT2D eigenvalue weighted by Crippen LogP contribution is -2.44. The van der Waals surface area contributed by atoms with E-state index in [1.165, 1.54) is 6.26 Å². The van der Waals surface area contributed by atoms with E-state index >= 15 is 0 Å². The number of aliphatic hydroxyl groups is 1. The van der Waals surface area contributed by atoms with Crippen LogP contribution in [0.1, 0.15) is 44.4 Å². The molecule has 1 aliphatic heterocycles. The Morgan fingerprint density at radius 1 is 1.19 bits per heavy atom. The number of hydrogen-bond donors (Lipinski definition) is 3. The van der Waals surface area contributed by atoms with Crippen LogP contribution in [-0.2, 0) is 22.2 Å². The topological polar surface area (TPSA) is 107 Å². The molecule has 0 radical (unpaired) electrons. The Balaban J connectivity index is 1.69. The molecule has 0 spiro atoms. The number of rotatable bonds is 8. The normalized spacial score (nSPS) is 17.8. The van der Waals surface area contributed by atoms with Crippen LogP contribution in [0.25, 0.3) is 0 Å². The van der Waals surface area contributed by atoms with Crippen LogP contribution in [0.15, 0.2) is 57.0 Å². The SMILES string of the molecule is CCNC(=NCc1cccc(S(=O)(=O)N2CCCCC2)c1)NCC(C)(O)c1ccco1. The second-order valence-electron chi connectivity index (χ2n) is 7.91. The van der Waals surface area contributed by atoms with Gasteiger partial charge in [-0.3, -0.25) is 0 Å². The van der Waals surface area contributed by atoms with Crippen molar-refractivity contribution < 1.29 is 17.9 Å². The number of furan rings is 1. The zero-order valence-electron chi connectivity index (χ0n) is 18.2. The molecule has 170 valence electrons. The minimum Gasteiger partial charge on any atom is -0.466 e. The average Bonchev–Trinajstić information content (AvgIpc) is 3.33. The van der Waals surface area contributed by atoms with Crippen molar-refractivity contribution in [1.82, 2.24) is 14.9 Å².